The molecule has 1 saturated heterocycles. The third-order valence-corrected chi connectivity index (χ3v) is 6.90. The zero-order valence-corrected chi connectivity index (χ0v) is 14.4. The number of aromatic nitrogens is 2. The molecule has 1 aliphatic heterocycles. The number of thioether (sulfide) groups is 1. The molecule has 1 aromatic rings. The smallest absolute Gasteiger partial charge is 0.246 e. The van der Waals surface area contributed by atoms with Crippen LogP contribution in [0.3, 0.4) is 0 Å². The van der Waals surface area contributed by atoms with Crippen LogP contribution in [0, 0.1) is 13.8 Å². The fourth-order valence-corrected chi connectivity index (χ4v) is 5.75. The Bertz CT molecular complexity index is 598. The highest BCUT2D eigenvalue weighted by molar-refractivity contribution is 8.00. The molecule has 0 spiro atoms. The first kappa shape index (κ1) is 16.8. The van der Waals surface area contributed by atoms with Crippen molar-refractivity contribution in [2.24, 2.45) is 0 Å². The van der Waals surface area contributed by atoms with Crippen LogP contribution in [0.4, 0.5) is 0 Å². The maximum absolute atomic E-state index is 12.9. The van der Waals surface area contributed by atoms with E-state index in [1.165, 1.54) is 0 Å². The molecule has 0 saturated carbocycles. The second kappa shape index (κ2) is 6.68. The first-order valence-electron chi connectivity index (χ1n) is 7.14. The summed E-state index contributed by atoms with van der Waals surface area (Å²) in [5.41, 5.74) is 1.20. The van der Waals surface area contributed by atoms with Crippen molar-refractivity contribution in [1.29, 1.82) is 0 Å². The Kier molecular flexibility index (Phi) is 5.34. The highest BCUT2D eigenvalue weighted by Gasteiger charge is 2.33. The monoisotopic (exact) mass is 333 g/mol. The maximum atomic E-state index is 12.9. The van der Waals surface area contributed by atoms with Gasteiger partial charge in [-0.25, -0.2) is 8.42 Å². The molecule has 1 atom stereocenters. The van der Waals surface area contributed by atoms with Gasteiger partial charge in [0, 0.05) is 37.2 Å². The van der Waals surface area contributed by atoms with E-state index < -0.39 is 10.0 Å². The third-order valence-electron chi connectivity index (χ3n) is 3.64. The van der Waals surface area contributed by atoms with E-state index in [4.69, 9.17) is 5.11 Å². The van der Waals surface area contributed by atoms with E-state index in [2.05, 4.69) is 12.0 Å². The standard InChI is InChI=1S/C13H23N3O3S2/c1-10-9-15(6-8-20-10)21(18,19)13-11(2)14-16(12(13)3)5-4-7-17/h10,17H,4-9H2,1-3H3. The number of aryl methyl sites for hydroxylation is 2. The molecule has 1 aromatic heterocycles. The Morgan fingerprint density at radius 1 is 1.43 bits per heavy atom. The SMILES string of the molecule is Cc1nn(CCCO)c(C)c1S(=O)(=O)N1CCSC(C)C1. The average Bonchev–Trinajstić information content (AvgIpc) is 2.71. The van der Waals surface area contributed by atoms with Crippen LogP contribution >= 0.6 is 11.8 Å². The van der Waals surface area contributed by atoms with E-state index in [0.29, 0.717) is 47.6 Å². The van der Waals surface area contributed by atoms with Crippen molar-refractivity contribution < 1.29 is 13.5 Å². The van der Waals surface area contributed by atoms with Gasteiger partial charge < -0.3 is 5.11 Å². The van der Waals surface area contributed by atoms with Gasteiger partial charge in [-0.05, 0) is 20.3 Å². The van der Waals surface area contributed by atoms with Crippen LogP contribution in [-0.2, 0) is 16.6 Å². The van der Waals surface area contributed by atoms with E-state index in [1.807, 2.05) is 0 Å². The minimum Gasteiger partial charge on any atom is -0.396 e. The lowest BCUT2D eigenvalue weighted by Crippen LogP contribution is -2.41. The predicted molar refractivity (Wildman–Crippen MR) is 84.1 cm³/mol. The van der Waals surface area contributed by atoms with Gasteiger partial charge in [0.05, 0.1) is 11.4 Å². The highest BCUT2D eigenvalue weighted by Crippen LogP contribution is 2.28. The van der Waals surface area contributed by atoms with Crippen molar-refractivity contribution >= 4 is 21.8 Å². The largest absolute Gasteiger partial charge is 0.396 e. The van der Waals surface area contributed by atoms with Crippen LogP contribution in [0.5, 0.6) is 0 Å². The van der Waals surface area contributed by atoms with Crippen LogP contribution in [-0.4, -0.2) is 58.3 Å². The number of hydrogen-bond acceptors (Lipinski definition) is 5. The molecule has 2 rings (SSSR count). The van der Waals surface area contributed by atoms with Gasteiger partial charge >= 0.3 is 0 Å². The Morgan fingerprint density at radius 3 is 2.76 bits per heavy atom. The Labute approximate surface area is 130 Å². The van der Waals surface area contributed by atoms with Crippen molar-refractivity contribution in [3.8, 4) is 0 Å². The second-order valence-electron chi connectivity index (χ2n) is 5.34. The second-order valence-corrected chi connectivity index (χ2v) is 8.77. The first-order valence-corrected chi connectivity index (χ1v) is 9.63. The van der Waals surface area contributed by atoms with E-state index >= 15 is 0 Å². The lowest BCUT2D eigenvalue weighted by molar-refractivity contribution is 0.276. The minimum atomic E-state index is -3.49. The Hall–Kier alpha value is -0.570. The molecule has 8 heteroatoms. The van der Waals surface area contributed by atoms with Crippen LogP contribution in [0.1, 0.15) is 24.7 Å². The van der Waals surface area contributed by atoms with E-state index in [-0.39, 0.29) is 6.61 Å². The van der Waals surface area contributed by atoms with Crippen LogP contribution in [0.2, 0.25) is 0 Å². The van der Waals surface area contributed by atoms with Gasteiger partial charge in [0.15, 0.2) is 0 Å². The summed E-state index contributed by atoms with van der Waals surface area (Å²) >= 11 is 1.80. The van der Waals surface area contributed by atoms with Crippen LogP contribution < -0.4 is 0 Å². The zero-order valence-electron chi connectivity index (χ0n) is 12.7. The first-order chi connectivity index (χ1) is 9.87. The molecule has 0 bridgehead atoms. The molecule has 1 aliphatic rings. The van der Waals surface area contributed by atoms with E-state index in [9.17, 15) is 8.42 Å². The zero-order chi connectivity index (χ0) is 15.6. The summed E-state index contributed by atoms with van der Waals surface area (Å²) in [7, 11) is -3.49. The lowest BCUT2D eigenvalue weighted by atomic mass is 10.4. The molecular formula is C13H23N3O3S2. The van der Waals surface area contributed by atoms with E-state index in [1.54, 1.807) is 34.6 Å². The van der Waals surface area contributed by atoms with Gasteiger partial charge in [-0.2, -0.15) is 21.2 Å². The molecule has 1 fully saturated rings. The molecule has 1 unspecified atom stereocenters. The van der Waals surface area contributed by atoms with Gasteiger partial charge in [0.2, 0.25) is 10.0 Å². The topological polar surface area (TPSA) is 75.4 Å². The number of aliphatic hydroxyl groups excluding tert-OH is 1. The molecule has 120 valence electrons. The van der Waals surface area contributed by atoms with E-state index in [0.717, 1.165) is 5.75 Å². The van der Waals surface area contributed by atoms with Gasteiger partial charge in [0.25, 0.3) is 0 Å². The molecule has 0 aromatic carbocycles. The average molecular weight is 333 g/mol. The Morgan fingerprint density at radius 2 is 2.14 bits per heavy atom. The number of rotatable bonds is 5. The summed E-state index contributed by atoms with van der Waals surface area (Å²) in [6.45, 7) is 7.28. The van der Waals surface area contributed by atoms with Gasteiger partial charge in [-0.1, -0.05) is 6.92 Å². The molecule has 2 heterocycles. The molecule has 6 nitrogen and oxygen atoms in total. The van der Waals surface area contributed by atoms with Crippen molar-refractivity contribution in [1.82, 2.24) is 14.1 Å². The Balaban J connectivity index is 2.33. The summed E-state index contributed by atoms with van der Waals surface area (Å²) < 4.78 is 29.0. The minimum absolute atomic E-state index is 0.0707. The van der Waals surface area contributed by atoms with Crippen molar-refractivity contribution in [3.63, 3.8) is 0 Å². The number of aliphatic hydroxyl groups is 1. The highest BCUT2D eigenvalue weighted by atomic mass is 32.2. The number of nitrogens with zero attached hydrogens (tertiary/aromatic N) is 3. The predicted octanol–water partition coefficient (Wildman–Crippen LogP) is 1.01. The van der Waals surface area contributed by atoms with Gasteiger partial charge in [0.1, 0.15) is 4.90 Å². The quantitative estimate of drug-likeness (QED) is 0.870. The van der Waals surface area contributed by atoms with Crippen molar-refractivity contribution in [3.05, 3.63) is 11.4 Å². The fraction of sp³-hybridized carbons (Fsp3) is 0.769. The normalized spacial score (nSPS) is 20.9. The van der Waals surface area contributed by atoms with Crippen molar-refractivity contribution in [2.45, 2.75) is 43.9 Å². The summed E-state index contributed by atoms with van der Waals surface area (Å²) in [5, 5.41) is 13.6. The third kappa shape index (κ3) is 3.44. The number of sulfonamides is 1. The van der Waals surface area contributed by atoms with Gasteiger partial charge in [-0.15, -0.1) is 0 Å². The maximum Gasteiger partial charge on any atom is 0.246 e. The number of hydrogen-bond donors (Lipinski definition) is 1. The molecule has 0 radical (unpaired) electrons. The molecule has 1 N–H and O–H groups in total. The van der Waals surface area contributed by atoms with Gasteiger partial charge in [-0.3, -0.25) is 4.68 Å². The van der Waals surface area contributed by atoms with Crippen LogP contribution in [0.15, 0.2) is 4.90 Å². The molecule has 21 heavy (non-hydrogen) atoms. The molecule has 0 aliphatic carbocycles. The summed E-state index contributed by atoms with van der Waals surface area (Å²) in [5.74, 6) is 0.830. The molecule has 0 amide bonds. The molecular weight excluding hydrogens is 310 g/mol. The summed E-state index contributed by atoms with van der Waals surface area (Å²) in [6, 6.07) is 0. The lowest BCUT2D eigenvalue weighted by Gasteiger charge is -2.29. The summed E-state index contributed by atoms with van der Waals surface area (Å²) in [4.78, 5) is 0.333. The van der Waals surface area contributed by atoms with Crippen molar-refractivity contribution in [2.75, 3.05) is 25.4 Å². The fourth-order valence-electron chi connectivity index (χ4n) is 2.63. The van der Waals surface area contributed by atoms with Crippen LogP contribution in [0.25, 0.3) is 0 Å². The summed E-state index contributed by atoms with van der Waals surface area (Å²) in [6.07, 6.45) is 0.568.